The zero-order chi connectivity index (χ0) is 15.6. The van der Waals surface area contributed by atoms with E-state index in [0.29, 0.717) is 0 Å². The minimum absolute atomic E-state index is 0.0341. The largest absolute Gasteiger partial charge is 0.289 e. The molecule has 0 aliphatic rings. The van der Waals surface area contributed by atoms with Crippen molar-refractivity contribution in [3.63, 3.8) is 0 Å². The monoisotopic (exact) mass is 312 g/mol. The molecule has 7 heteroatoms. The van der Waals surface area contributed by atoms with E-state index in [1.807, 2.05) is 0 Å². The maximum absolute atomic E-state index is 13.3. The number of rotatable bonds is 4. The highest BCUT2D eigenvalue weighted by Crippen LogP contribution is 2.18. The van der Waals surface area contributed by atoms with Crippen molar-refractivity contribution in [1.29, 1.82) is 0 Å². The smallest absolute Gasteiger partial charge is 0.269 e. The predicted octanol–water partition coefficient (Wildman–Crippen LogP) is 2.58. The van der Waals surface area contributed by atoms with Gasteiger partial charge in [-0.05, 0) is 42.0 Å². The van der Waals surface area contributed by atoms with Crippen molar-refractivity contribution in [2.24, 2.45) is 0 Å². The molecule has 1 N–H and O–H groups in total. The molecule has 0 saturated heterocycles. The quantitative estimate of drug-likeness (QED) is 0.696. The molecule has 0 saturated carbocycles. The first-order valence-electron chi connectivity index (χ1n) is 5.80. The molecule has 0 atom stereocenters. The van der Waals surface area contributed by atoms with Crippen molar-refractivity contribution in [3.8, 4) is 0 Å². The Balaban J connectivity index is 2.49. The van der Waals surface area contributed by atoms with Crippen LogP contribution in [0.2, 0.25) is 0 Å². The number of halogens is 2. The molecular formula is C14H10F2O4S. The van der Waals surface area contributed by atoms with E-state index in [-0.39, 0.29) is 16.7 Å². The molecular weight excluding hydrogens is 302 g/mol. The first kappa shape index (κ1) is 15.3. The van der Waals surface area contributed by atoms with Crippen molar-refractivity contribution in [2.45, 2.75) is 5.75 Å². The second kappa shape index (κ2) is 5.71. The number of ketones is 1. The van der Waals surface area contributed by atoms with Crippen LogP contribution in [-0.4, -0.2) is 18.8 Å². The Morgan fingerprint density at radius 3 is 2.14 bits per heavy atom. The van der Waals surface area contributed by atoms with E-state index in [1.54, 1.807) is 0 Å². The number of hydrogen-bond donors (Lipinski definition) is 1. The van der Waals surface area contributed by atoms with E-state index in [9.17, 15) is 22.0 Å². The van der Waals surface area contributed by atoms with Crippen LogP contribution in [-0.2, 0) is 15.9 Å². The predicted molar refractivity (Wildman–Crippen MR) is 71.5 cm³/mol. The third-order valence-electron chi connectivity index (χ3n) is 2.76. The highest BCUT2D eigenvalue weighted by atomic mass is 32.2. The molecule has 0 fully saturated rings. The van der Waals surface area contributed by atoms with Crippen LogP contribution in [0, 0.1) is 11.6 Å². The first-order valence-corrected chi connectivity index (χ1v) is 7.41. The fraction of sp³-hybridized carbons (Fsp3) is 0.0714. The molecule has 0 aliphatic heterocycles. The summed E-state index contributed by atoms with van der Waals surface area (Å²) in [5.74, 6) is -2.73. The average molecular weight is 312 g/mol. The number of carbonyl (C=O) groups excluding carboxylic acids is 1. The lowest BCUT2D eigenvalue weighted by atomic mass is 9.99. The Hall–Kier alpha value is -2.12. The summed E-state index contributed by atoms with van der Waals surface area (Å²) in [5, 5.41) is 0. The fourth-order valence-corrected chi connectivity index (χ4v) is 2.48. The van der Waals surface area contributed by atoms with Gasteiger partial charge in [0.2, 0.25) is 0 Å². The van der Waals surface area contributed by atoms with E-state index in [2.05, 4.69) is 0 Å². The highest BCUT2D eigenvalue weighted by molar-refractivity contribution is 7.85. The second-order valence-corrected chi connectivity index (χ2v) is 5.82. The molecule has 21 heavy (non-hydrogen) atoms. The van der Waals surface area contributed by atoms with Crippen molar-refractivity contribution in [1.82, 2.24) is 0 Å². The van der Waals surface area contributed by atoms with Crippen molar-refractivity contribution in [3.05, 3.63) is 70.8 Å². The van der Waals surface area contributed by atoms with E-state index in [4.69, 9.17) is 4.55 Å². The molecule has 0 radical (unpaired) electrons. The Morgan fingerprint density at radius 2 is 1.57 bits per heavy atom. The maximum Gasteiger partial charge on any atom is 0.269 e. The third kappa shape index (κ3) is 3.93. The Labute approximate surface area is 119 Å². The van der Waals surface area contributed by atoms with Gasteiger partial charge in [-0.3, -0.25) is 9.35 Å². The molecule has 0 heterocycles. The van der Waals surface area contributed by atoms with Gasteiger partial charge < -0.3 is 0 Å². The summed E-state index contributed by atoms with van der Waals surface area (Å²) in [4.78, 5) is 12.3. The van der Waals surface area contributed by atoms with Crippen LogP contribution < -0.4 is 0 Å². The zero-order valence-electron chi connectivity index (χ0n) is 10.6. The SMILES string of the molecule is O=C(c1ccc(F)cc1)c1cc(F)ccc1CS(=O)(=O)O. The van der Waals surface area contributed by atoms with Gasteiger partial charge in [0.15, 0.2) is 5.78 Å². The summed E-state index contributed by atoms with van der Waals surface area (Å²) >= 11 is 0. The van der Waals surface area contributed by atoms with Gasteiger partial charge >= 0.3 is 0 Å². The summed E-state index contributed by atoms with van der Waals surface area (Å²) in [7, 11) is -4.37. The molecule has 2 aromatic carbocycles. The van der Waals surface area contributed by atoms with Crippen LogP contribution in [0.15, 0.2) is 42.5 Å². The topological polar surface area (TPSA) is 71.4 Å². The van der Waals surface area contributed by atoms with Crippen molar-refractivity contribution < 1.29 is 26.5 Å². The number of hydrogen-bond acceptors (Lipinski definition) is 3. The van der Waals surface area contributed by atoms with Gasteiger partial charge in [-0.1, -0.05) is 6.07 Å². The van der Waals surface area contributed by atoms with Gasteiger partial charge in [-0.2, -0.15) is 8.42 Å². The van der Waals surface area contributed by atoms with Gasteiger partial charge in [0.1, 0.15) is 17.4 Å². The summed E-state index contributed by atoms with van der Waals surface area (Å²) < 4.78 is 56.9. The van der Waals surface area contributed by atoms with Crippen LogP contribution in [0.25, 0.3) is 0 Å². The van der Waals surface area contributed by atoms with Crippen LogP contribution in [0.3, 0.4) is 0 Å². The van der Waals surface area contributed by atoms with Gasteiger partial charge in [-0.15, -0.1) is 0 Å². The molecule has 0 amide bonds. The minimum Gasteiger partial charge on any atom is -0.289 e. The minimum atomic E-state index is -4.37. The number of carbonyl (C=O) groups is 1. The zero-order valence-corrected chi connectivity index (χ0v) is 11.4. The molecule has 4 nitrogen and oxygen atoms in total. The Morgan fingerprint density at radius 1 is 1.00 bits per heavy atom. The summed E-state index contributed by atoms with van der Waals surface area (Å²) in [5.41, 5.74) is -0.147. The second-order valence-electron chi connectivity index (χ2n) is 4.36. The van der Waals surface area contributed by atoms with Gasteiger partial charge in [0.05, 0.1) is 0 Å². The molecule has 110 valence electrons. The normalized spacial score (nSPS) is 11.4. The molecule has 0 aromatic heterocycles. The highest BCUT2D eigenvalue weighted by Gasteiger charge is 2.18. The van der Waals surface area contributed by atoms with Crippen molar-refractivity contribution in [2.75, 3.05) is 0 Å². The van der Waals surface area contributed by atoms with Gasteiger partial charge in [-0.25, -0.2) is 8.78 Å². The van der Waals surface area contributed by atoms with Crippen molar-refractivity contribution >= 4 is 15.9 Å². The number of benzene rings is 2. The van der Waals surface area contributed by atoms with Crippen LogP contribution >= 0.6 is 0 Å². The standard InChI is InChI=1S/C14H10F2O4S/c15-11-4-1-9(2-5-11)14(17)13-7-12(16)6-3-10(13)8-21(18,19)20/h1-7H,8H2,(H,18,19,20). The van der Waals surface area contributed by atoms with E-state index >= 15 is 0 Å². The summed E-state index contributed by atoms with van der Waals surface area (Å²) in [6, 6.07) is 7.53. The molecule has 0 spiro atoms. The molecule has 0 bridgehead atoms. The first-order chi connectivity index (χ1) is 9.76. The Bertz CT molecular complexity index is 783. The Kier molecular flexibility index (Phi) is 4.15. The van der Waals surface area contributed by atoms with Gasteiger partial charge in [0, 0.05) is 11.1 Å². The summed E-state index contributed by atoms with van der Waals surface area (Å²) in [6.07, 6.45) is 0. The third-order valence-corrected chi connectivity index (χ3v) is 3.44. The fourth-order valence-electron chi connectivity index (χ4n) is 1.84. The molecule has 0 aliphatic carbocycles. The van der Waals surface area contributed by atoms with Gasteiger partial charge in [0.25, 0.3) is 10.1 Å². The van der Waals surface area contributed by atoms with E-state index in [0.717, 1.165) is 30.3 Å². The van der Waals surface area contributed by atoms with E-state index < -0.39 is 33.3 Å². The lowest BCUT2D eigenvalue weighted by Crippen LogP contribution is -2.10. The maximum atomic E-state index is 13.3. The molecule has 0 unspecified atom stereocenters. The van der Waals surface area contributed by atoms with E-state index in [1.165, 1.54) is 12.1 Å². The lowest BCUT2D eigenvalue weighted by molar-refractivity contribution is 0.103. The molecule has 2 aromatic rings. The van der Waals surface area contributed by atoms with Crippen LogP contribution in [0.5, 0.6) is 0 Å². The van der Waals surface area contributed by atoms with Crippen LogP contribution in [0.1, 0.15) is 21.5 Å². The summed E-state index contributed by atoms with van der Waals surface area (Å²) in [6.45, 7) is 0. The van der Waals surface area contributed by atoms with Crippen LogP contribution in [0.4, 0.5) is 8.78 Å². The lowest BCUT2D eigenvalue weighted by Gasteiger charge is -2.08. The molecule has 2 rings (SSSR count). The average Bonchev–Trinajstić information content (AvgIpc) is 2.39.